The summed E-state index contributed by atoms with van der Waals surface area (Å²) in [5.74, 6) is -0.791. The zero-order valence-corrected chi connectivity index (χ0v) is 32.7. The number of amides is 8. The minimum Gasteiger partial charge on any atom is -0.353 e. The van der Waals surface area contributed by atoms with Crippen LogP contribution in [0.15, 0.2) is 91.0 Å². The molecule has 3 fully saturated rings. The van der Waals surface area contributed by atoms with E-state index in [0.29, 0.717) is 37.7 Å². The van der Waals surface area contributed by atoms with E-state index in [1.807, 2.05) is 137 Å². The second-order valence-corrected chi connectivity index (χ2v) is 14.2. The van der Waals surface area contributed by atoms with Gasteiger partial charge in [0.2, 0.25) is 11.8 Å². The van der Waals surface area contributed by atoms with Crippen LogP contribution in [0.1, 0.15) is 48.0 Å². The van der Waals surface area contributed by atoms with Crippen molar-refractivity contribution in [1.82, 2.24) is 25.8 Å². The molecule has 6 rings (SSSR count). The van der Waals surface area contributed by atoms with Crippen LogP contribution in [0.3, 0.4) is 0 Å². The van der Waals surface area contributed by atoms with Gasteiger partial charge in [0.25, 0.3) is 0 Å². The van der Waals surface area contributed by atoms with Crippen LogP contribution in [0, 0.1) is 5.92 Å². The van der Waals surface area contributed by atoms with E-state index < -0.39 is 5.92 Å². The molecule has 8 amide bonds. The molecule has 14 heteroatoms. The molecule has 0 bridgehead atoms. The standard InChI is InChI=1S/C14H18N2O2.C13H17N3O2.C13H17N3OS/c1-10(2)15-13(17)12-8-9-16(14(12)18)11-6-4-3-5-7-11;2*1-10(2)14-12(17)16-9-8-15(13(16)18)11-6-4-3-5-7-11/h3-7,10,12H,8-9H2,1-2H3,(H,15,17);2*3-7,10H,8-9H2,1-2H3,(H,14,17). The van der Waals surface area contributed by atoms with Crippen molar-refractivity contribution in [3.63, 3.8) is 0 Å². The molecule has 3 aliphatic heterocycles. The summed E-state index contributed by atoms with van der Waals surface area (Å²) < 4.78 is 0. The molecule has 3 aromatic rings. The van der Waals surface area contributed by atoms with Gasteiger partial charge in [0, 0.05) is 61.4 Å². The highest BCUT2D eigenvalue weighted by Gasteiger charge is 2.38. The van der Waals surface area contributed by atoms with Gasteiger partial charge in [-0.2, -0.15) is 0 Å². The summed E-state index contributed by atoms with van der Waals surface area (Å²) in [5, 5.41) is 8.96. The first-order valence-corrected chi connectivity index (χ1v) is 18.7. The largest absolute Gasteiger partial charge is 0.353 e. The van der Waals surface area contributed by atoms with E-state index in [2.05, 4.69) is 16.0 Å². The topological polar surface area (TPSA) is 138 Å². The van der Waals surface area contributed by atoms with Crippen LogP contribution in [0.5, 0.6) is 0 Å². The van der Waals surface area contributed by atoms with Gasteiger partial charge in [0.05, 0.1) is 6.54 Å². The van der Waals surface area contributed by atoms with Crippen molar-refractivity contribution < 1.29 is 24.0 Å². The number of benzene rings is 3. The Labute approximate surface area is 323 Å². The smallest absolute Gasteiger partial charge is 0.332 e. The Morgan fingerprint density at radius 2 is 0.963 bits per heavy atom. The molecular formula is C40H52N8O5S. The second-order valence-electron chi connectivity index (χ2n) is 13.9. The van der Waals surface area contributed by atoms with Crippen molar-refractivity contribution in [2.45, 2.75) is 66.1 Å². The van der Waals surface area contributed by atoms with Crippen molar-refractivity contribution in [2.24, 2.45) is 5.92 Å². The maximum atomic E-state index is 12.2. The normalized spacial score (nSPS) is 16.7. The van der Waals surface area contributed by atoms with Crippen LogP contribution in [0.25, 0.3) is 0 Å². The molecule has 0 aliphatic carbocycles. The van der Waals surface area contributed by atoms with Crippen LogP contribution in [0.4, 0.5) is 31.4 Å². The SMILES string of the molecule is CC(C)NC(=O)C1CCN(c2ccccc2)C1=O.CC(C)NC(=O)N1CCN(c2ccccc2)C1=O.CC(C)NC(=O)N1CCN(c2ccccc2)C1=S. The van der Waals surface area contributed by atoms with Gasteiger partial charge in [-0.1, -0.05) is 54.6 Å². The summed E-state index contributed by atoms with van der Waals surface area (Å²) in [6.07, 6.45) is 0.590. The average molecular weight is 757 g/mol. The van der Waals surface area contributed by atoms with Crippen molar-refractivity contribution in [2.75, 3.05) is 47.4 Å². The van der Waals surface area contributed by atoms with Crippen molar-refractivity contribution >= 4 is 64.3 Å². The first kappa shape index (κ1) is 41.3. The lowest BCUT2D eigenvalue weighted by Crippen LogP contribution is -2.45. The summed E-state index contributed by atoms with van der Waals surface area (Å²) in [6, 6.07) is 28.2. The van der Waals surface area contributed by atoms with Gasteiger partial charge in [0.1, 0.15) is 5.92 Å². The maximum Gasteiger partial charge on any atom is 0.332 e. The predicted molar refractivity (Wildman–Crippen MR) is 216 cm³/mol. The number of imide groups is 1. The fourth-order valence-corrected chi connectivity index (χ4v) is 6.34. The highest BCUT2D eigenvalue weighted by atomic mass is 32.1. The molecule has 0 saturated carbocycles. The molecule has 288 valence electrons. The summed E-state index contributed by atoms with van der Waals surface area (Å²) in [7, 11) is 0. The molecule has 3 heterocycles. The fourth-order valence-electron chi connectivity index (χ4n) is 5.97. The van der Waals surface area contributed by atoms with Crippen LogP contribution < -0.4 is 30.7 Å². The highest BCUT2D eigenvalue weighted by Crippen LogP contribution is 2.25. The Morgan fingerprint density at radius 3 is 1.44 bits per heavy atom. The minimum atomic E-state index is -0.535. The van der Waals surface area contributed by atoms with Gasteiger partial charge >= 0.3 is 18.1 Å². The van der Waals surface area contributed by atoms with E-state index in [0.717, 1.165) is 23.6 Å². The number of para-hydroxylation sites is 3. The van der Waals surface area contributed by atoms with Crippen molar-refractivity contribution in [1.29, 1.82) is 0 Å². The van der Waals surface area contributed by atoms with Crippen LogP contribution in [0.2, 0.25) is 0 Å². The quantitative estimate of drug-likeness (QED) is 0.204. The molecule has 13 nitrogen and oxygen atoms in total. The Morgan fingerprint density at radius 1 is 0.556 bits per heavy atom. The minimum absolute atomic E-state index is 0.0241. The van der Waals surface area contributed by atoms with Crippen LogP contribution in [-0.2, 0) is 9.59 Å². The number of anilines is 3. The molecule has 3 saturated heterocycles. The summed E-state index contributed by atoms with van der Waals surface area (Å²) >= 11 is 5.36. The molecule has 3 aromatic carbocycles. The number of urea groups is 3. The van der Waals surface area contributed by atoms with E-state index in [9.17, 15) is 24.0 Å². The monoisotopic (exact) mass is 756 g/mol. The lowest BCUT2D eigenvalue weighted by Gasteiger charge is -2.21. The van der Waals surface area contributed by atoms with E-state index >= 15 is 0 Å². The van der Waals surface area contributed by atoms with Gasteiger partial charge < -0.3 is 25.8 Å². The number of hydrogen-bond donors (Lipinski definition) is 3. The number of carbonyl (C=O) groups excluding carboxylic acids is 5. The van der Waals surface area contributed by atoms with Gasteiger partial charge in [-0.15, -0.1) is 0 Å². The van der Waals surface area contributed by atoms with Crippen LogP contribution in [-0.4, -0.2) is 95.7 Å². The molecule has 0 spiro atoms. The number of nitrogens with zero attached hydrogens (tertiary/aromatic N) is 5. The molecule has 1 unspecified atom stereocenters. The summed E-state index contributed by atoms with van der Waals surface area (Å²) in [5.41, 5.74) is 2.71. The van der Waals surface area contributed by atoms with E-state index in [1.165, 1.54) is 4.90 Å². The van der Waals surface area contributed by atoms with Gasteiger partial charge in [-0.25, -0.2) is 19.3 Å². The average Bonchev–Trinajstić information content (AvgIpc) is 3.85. The summed E-state index contributed by atoms with van der Waals surface area (Å²) in [4.78, 5) is 68.1. The predicted octanol–water partition coefficient (Wildman–Crippen LogP) is 5.82. The lowest BCUT2D eigenvalue weighted by atomic mass is 10.1. The third kappa shape index (κ3) is 11.0. The van der Waals surface area contributed by atoms with E-state index in [-0.39, 0.29) is 48.0 Å². The van der Waals surface area contributed by atoms with Gasteiger partial charge in [-0.3, -0.25) is 19.4 Å². The molecular weight excluding hydrogens is 705 g/mol. The van der Waals surface area contributed by atoms with E-state index in [1.54, 1.807) is 14.7 Å². The van der Waals surface area contributed by atoms with E-state index in [4.69, 9.17) is 12.2 Å². The molecule has 0 radical (unpaired) electrons. The molecule has 1 atom stereocenters. The maximum absolute atomic E-state index is 12.2. The number of hydrogen-bond acceptors (Lipinski definition) is 6. The molecule has 54 heavy (non-hydrogen) atoms. The fraction of sp³-hybridized carbons (Fsp3) is 0.400. The van der Waals surface area contributed by atoms with Gasteiger partial charge in [0.15, 0.2) is 5.11 Å². The van der Waals surface area contributed by atoms with Gasteiger partial charge in [-0.05, 0) is 96.6 Å². The Bertz CT molecular complexity index is 1540. The number of nitrogens with one attached hydrogen (secondary N) is 3. The Balaban J connectivity index is 0.000000180. The Kier molecular flexibility index (Phi) is 14.9. The highest BCUT2D eigenvalue weighted by molar-refractivity contribution is 7.80. The van der Waals surface area contributed by atoms with Crippen molar-refractivity contribution in [3.05, 3.63) is 91.0 Å². The number of rotatable bonds is 7. The van der Waals surface area contributed by atoms with Crippen LogP contribution >= 0.6 is 12.2 Å². The zero-order chi connectivity index (χ0) is 39.4. The van der Waals surface area contributed by atoms with Crippen molar-refractivity contribution in [3.8, 4) is 0 Å². The first-order valence-electron chi connectivity index (χ1n) is 18.3. The summed E-state index contributed by atoms with van der Waals surface area (Å²) in [6.45, 7) is 14.3. The third-order valence-electron chi connectivity index (χ3n) is 8.49. The lowest BCUT2D eigenvalue weighted by molar-refractivity contribution is -0.132. The Hall–Kier alpha value is -5.50. The molecule has 3 aliphatic rings. The number of carbonyl (C=O) groups is 5. The second kappa shape index (κ2) is 19.5. The zero-order valence-electron chi connectivity index (χ0n) is 31.9. The number of thiocarbonyl (C=S) groups is 1. The third-order valence-corrected chi connectivity index (χ3v) is 8.93. The molecule has 0 aromatic heterocycles. The molecule has 3 N–H and O–H groups in total. The first-order chi connectivity index (χ1) is 25.8.